The Morgan fingerprint density at radius 2 is 1.72 bits per heavy atom. The summed E-state index contributed by atoms with van der Waals surface area (Å²) in [6.45, 7) is 10.1. The fourth-order valence-corrected chi connectivity index (χ4v) is 2.51. The van der Waals surface area contributed by atoms with Gasteiger partial charge in [0, 0.05) is 25.7 Å². The number of nitrogens with zero attached hydrogens (tertiary/aromatic N) is 5. The highest BCUT2D eigenvalue weighted by Gasteiger charge is 2.20. The van der Waals surface area contributed by atoms with Crippen LogP contribution >= 0.6 is 0 Å². The summed E-state index contributed by atoms with van der Waals surface area (Å²) in [4.78, 5) is 29.3. The Kier molecular flexibility index (Phi) is 5.71. The molecule has 8 nitrogen and oxygen atoms in total. The molecule has 0 saturated heterocycles. The van der Waals surface area contributed by atoms with Crippen molar-refractivity contribution in [3.63, 3.8) is 0 Å². The van der Waals surface area contributed by atoms with Crippen LogP contribution in [0.3, 0.4) is 0 Å². The molecular weight excluding hydrogens is 322 g/mol. The van der Waals surface area contributed by atoms with Gasteiger partial charge < -0.3 is 5.11 Å². The van der Waals surface area contributed by atoms with E-state index in [4.69, 9.17) is 0 Å². The van der Waals surface area contributed by atoms with Crippen molar-refractivity contribution in [3.05, 3.63) is 32.6 Å². The lowest BCUT2D eigenvalue weighted by Gasteiger charge is -2.16. The van der Waals surface area contributed by atoms with Crippen LogP contribution in [0.4, 0.5) is 5.69 Å². The molecule has 0 spiro atoms. The molecule has 25 heavy (non-hydrogen) atoms. The molecule has 2 rings (SSSR count). The predicted octanol–water partition coefficient (Wildman–Crippen LogP) is 2.82. The Morgan fingerprint density at radius 3 is 2.24 bits per heavy atom. The second-order valence-corrected chi connectivity index (χ2v) is 7.17. The quantitative estimate of drug-likeness (QED) is 0.829. The molecule has 0 aliphatic carbocycles. The second-order valence-electron chi connectivity index (χ2n) is 7.17. The third-order valence-corrected chi connectivity index (χ3v) is 3.61. The highest BCUT2D eigenvalue weighted by atomic mass is 16.3. The molecule has 0 amide bonds. The maximum absolute atomic E-state index is 12.6. The lowest BCUT2D eigenvalue weighted by atomic mass is 10.2. The number of azo groups is 1. The lowest BCUT2D eigenvalue weighted by molar-refractivity contribution is 0.359. The fraction of sp³-hybridized carbons (Fsp3) is 0.588. The van der Waals surface area contributed by atoms with E-state index >= 15 is 0 Å². The van der Waals surface area contributed by atoms with Crippen molar-refractivity contribution in [2.75, 3.05) is 0 Å². The minimum atomic E-state index is -0.636. The van der Waals surface area contributed by atoms with Gasteiger partial charge in [0.15, 0.2) is 5.84 Å². The molecule has 1 aliphatic heterocycles. The number of hydrogen-bond acceptors (Lipinski definition) is 6. The van der Waals surface area contributed by atoms with Crippen LogP contribution in [0.15, 0.2) is 36.6 Å². The van der Waals surface area contributed by atoms with E-state index in [1.165, 1.54) is 4.57 Å². The van der Waals surface area contributed by atoms with Gasteiger partial charge in [-0.25, -0.2) is 9.79 Å². The summed E-state index contributed by atoms with van der Waals surface area (Å²) in [5.41, 5.74) is -0.351. The minimum Gasteiger partial charge on any atom is -0.493 e. The van der Waals surface area contributed by atoms with Crippen LogP contribution in [0, 0.1) is 11.8 Å². The molecular formula is C17H25N5O3. The molecule has 1 aromatic rings. The van der Waals surface area contributed by atoms with E-state index in [1.807, 2.05) is 34.6 Å². The second kappa shape index (κ2) is 7.58. The van der Waals surface area contributed by atoms with Gasteiger partial charge in [0.2, 0.25) is 11.6 Å². The first-order valence-corrected chi connectivity index (χ1v) is 8.41. The number of aliphatic imine (C=N–C) groups is 1. The van der Waals surface area contributed by atoms with Crippen LogP contribution in [0.25, 0.3) is 0 Å². The van der Waals surface area contributed by atoms with Gasteiger partial charge in [-0.2, -0.15) is 0 Å². The summed E-state index contributed by atoms with van der Waals surface area (Å²) in [5.74, 6) is 0.229. The highest BCUT2D eigenvalue weighted by molar-refractivity contribution is 5.87. The van der Waals surface area contributed by atoms with Crippen LogP contribution in [-0.2, 0) is 13.1 Å². The first kappa shape index (κ1) is 18.8. The largest absolute Gasteiger partial charge is 0.493 e. The van der Waals surface area contributed by atoms with Gasteiger partial charge in [-0.1, -0.05) is 27.7 Å². The van der Waals surface area contributed by atoms with Gasteiger partial charge in [-0.3, -0.25) is 13.9 Å². The Morgan fingerprint density at radius 1 is 1.12 bits per heavy atom. The first-order valence-electron chi connectivity index (χ1n) is 8.41. The number of amidine groups is 1. The van der Waals surface area contributed by atoms with Crippen LogP contribution in [0.1, 0.15) is 41.0 Å². The number of rotatable bonds is 5. The monoisotopic (exact) mass is 347 g/mol. The van der Waals surface area contributed by atoms with Crippen LogP contribution in [0.5, 0.6) is 5.88 Å². The Balaban J connectivity index is 2.55. The van der Waals surface area contributed by atoms with Crippen LogP contribution in [-0.4, -0.2) is 20.1 Å². The van der Waals surface area contributed by atoms with Gasteiger partial charge in [0.25, 0.3) is 5.56 Å². The van der Waals surface area contributed by atoms with Crippen molar-refractivity contribution >= 4 is 11.5 Å². The zero-order valence-corrected chi connectivity index (χ0v) is 15.4. The summed E-state index contributed by atoms with van der Waals surface area (Å²) in [7, 11) is 0. The minimum absolute atomic E-state index is 0.0956. The molecule has 2 heterocycles. The maximum atomic E-state index is 12.6. The van der Waals surface area contributed by atoms with E-state index in [2.05, 4.69) is 15.2 Å². The predicted molar refractivity (Wildman–Crippen MR) is 96.6 cm³/mol. The van der Waals surface area contributed by atoms with E-state index < -0.39 is 17.1 Å². The third-order valence-electron chi connectivity index (χ3n) is 3.61. The Bertz CT molecular complexity index is 856. The molecule has 1 aromatic heterocycles. The SMILES string of the molecule is CC1=CN=C(N=Nc2c(O)n(CC(C)C)c(=O)n(CC(C)C)c2=O)C1. The molecule has 0 bridgehead atoms. The normalized spacial score (nSPS) is 14.7. The number of aromatic hydroxyl groups is 1. The molecule has 0 fully saturated rings. The van der Waals surface area contributed by atoms with Crippen molar-refractivity contribution in [2.45, 2.75) is 54.1 Å². The van der Waals surface area contributed by atoms with Crippen LogP contribution < -0.4 is 11.2 Å². The summed E-state index contributed by atoms with van der Waals surface area (Å²) >= 11 is 0. The molecule has 136 valence electrons. The first-order chi connectivity index (χ1) is 11.7. The number of hydrogen-bond donors (Lipinski definition) is 1. The van der Waals surface area contributed by atoms with E-state index in [0.29, 0.717) is 12.3 Å². The van der Waals surface area contributed by atoms with Crippen molar-refractivity contribution in [1.82, 2.24) is 9.13 Å². The van der Waals surface area contributed by atoms with Gasteiger partial charge in [0.1, 0.15) is 0 Å². The summed E-state index contributed by atoms with van der Waals surface area (Å²) in [6.07, 6.45) is 2.24. The van der Waals surface area contributed by atoms with Crippen molar-refractivity contribution in [1.29, 1.82) is 0 Å². The van der Waals surface area contributed by atoms with Gasteiger partial charge in [-0.05, 0) is 24.3 Å². The zero-order chi connectivity index (χ0) is 18.7. The van der Waals surface area contributed by atoms with Gasteiger partial charge >= 0.3 is 5.69 Å². The standard InChI is InChI=1S/C17H25N5O3/c1-10(2)8-21-15(23)14(20-19-13-6-12(5)7-18-13)16(24)22(17(21)25)9-11(3)4/h7,10-11,23H,6,8-9H2,1-5H3. The number of aromatic nitrogens is 2. The fourth-order valence-electron chi connectivity index (χ4n) is 2.51. The van der Waals surface area contributed by atoms with Gasteiger partial charge in [-0.15, -0.1) is 10.2 Å². The molecule has 0 radical (unpaired) electrons. The summed E-state index contributed by atoms with van der Waals surface area (Å²) in [5, 5.41) is 18.3. The molecule has 8 heteroatoms. The topological polar surface area (TPSA) is 101 Å². The summed E-state index contributed by atoms with van der Waals surface area (Å²) < 4.78 is 2.30. The van der Waals surface area contributed by atoms with Crippen molar-refractivity contribution in [2.24, 2.45) is 27.1 Å². The third kappa shape index (κ3) is 4.32. The molecule has 0 saturated carbocycles. The van der Waals surface area contributed by atoms with E-state index in [-0.39, 0.29) is 30.6 Å². The molecule has 0 atom stereocenters. The Labute approximate surface area is 146 Å². The van der Waals surface area contributed by atoms with Crippen molar-refractivity contribution < 1.29 is 5.11 Å². The molecule has 0 unspecified atom stereocenters. The van der Waals surface area contributed by atoms with Crippen LogP contribution in [0.2, 0.25) is 0 Å². The average molecular weight is 347 g/mol. The Hall–Kier alpha value is -2.51. The van der Waals surface area contributed by atoms with E-state index in [1.54, 1.807) is 6.20 Å². The molecule has 1 N–H and O–H groups in total. The van der Waals surface area contributed by atoms with E-state index in [9.17, 15) is 14.7 Å². The maximum Gasteiger partial charge on any atom is 0.333 e. The van der Waals surface area contributed by atoms with Crippen molar-refractivity contribution in [3.8, 4) is 5.88 Å². The molecule has 0 aromatic carbocycles. The van der Waals surface area contributed by atoms with Gasteiger partial charge in [0.05, 0.1) is 0 Å². The average Bonchev–Trinajstić information content (AvgIpc) is 2.93. The highest BCUT2D eigenvalue weighted by Crippen LogP contribution is 2.22. The lowest BCUT2D eigenvalue weighted by Crippen LogP contribution is -2.41. The smallest absolute Gasteiger partial charge is 0.333 e. The summed E-state index contributed by atoms with van der Waals surface area (Å²) in [6, 6.07) is 0. The molecule has 1 aliphatic rings. The zero-order valence-electron chi connectivity index (χ0n) is 15.4. The van der Waals surface area contributed by atoms with E-state index in [0.717, 1.165) is 10.1 Å².